The van der Waals surface area contributed by atoms with Crippen molar-refractivity contribution >= 4 is 0 Å². The first-order valence-corrected chi connectivity index (χ1v) is 4.96. The maximum Gasteiger partial charge on any atom is 0.0743 e. The lowest BCUT2D eigenvalue weighted by Gasteiger charge is -2.17. The van der Waals surface area contributed by atoms with Crippen molar-refractivity contribution in [3.05, 3.63) is 53.6 Å². The van der Waals surface area contributed by atoms with Crippen LogP contribution in [0.3, 0.4) is 0 Å². The summed E-state index contributed by atoms with van der Waals surface area (Å²) in [6.07, 6.45) is 6.90. The molecule has 2 rings (SSSR count). The second kappa shape index (κ2) is 4.78. The van der Waals surface area contributed by atoms with Crippen molar-refractivity contribution in [1.82, 2.24) is 20.6 Å². The van der Waals surface area contributed by atoms with E-state index >= 15 is 0 Å². The van der Waals surface area contributed by atoms with Crippen LogP contribution in [0, 0.1) is 6.92 Å². The van der Waals surface area contributed by atoms with E-state index in [-0.39, 0.29) is 6.04 Å². The molecular formula is C11H13N5. The van der Waals surface area contributed by atoms with Gasteiger partial charge in [0.1, 0.15) is 0 Å². The Morgan fingerprint density at radius 2 is 2.06 bits per heavy atom. The third kappa shape index (κ3) is 2.05. The lowest BCUT2D eigenvalue weighted by molar-refractivity contribution is 0.627. The molecule has 2 heterocycles. The van der Waals surface area contributed by atoms with Crippen LogP contribution in [-0.4, -0.2) is 15.2 Å². The molecule has 0 spiro atoms. The largest absolute Gasteiger partial charge is 0.271 e. The molecule has 5 heteroatoms. The minimum absolute atomic E-state index is 0.107. The summed E-state index contributed by atoms with van der Waals surface area (Å²) >= 11 is 0. The Balaban J connectivity index is 2.41. The molecule has 0 aliphatic rings. The lowest BCUT2D eigenvalue weighted by Crippen LogP contribution is -2.29. The van der Waals surface area contributed by atoms with Gasteiger partial charge in [-0.25, -0.2) is 5.43 Å². The first-order valence-electron chi connectivity index (χ1n) is 4.96. The molecule has 0 fully saturated rings. The minimum Gasteiger partial charge on any atom is -0.271 e. The van der Waals surface area contributed by atoms with E-state index < -0.39 is 0 Å². The molecule has 3 N–H and O–H groups in total. The second-order valence-corrected chi connectivity index (χ2v) is 3.51. The molecule has 0 amide bonds. The molecule has 2 aromatic rings. The summed E-state index contributed by atoms with van der Waals surface area (Å²) in [5.41, 5.74) is 5.91. The molecule has 0 aromatic carbocycles. The second-order valence-electron chi connectivity index (χ2n) is 3.51. The Morgan fingerprint density at radius 3 is 2.69 bits per heavy atom. The number of pyridine rings is 1. The summed E-state index contributed by atoms with van der Waals surface area (Å²) in [4.78, 5) is 4.11. The van der Waals surface area contributed by atoms with E-state index in [0.717, 1.165) is 16.7 Å². The quantitative estimate of drug-likeness (QED) is 0.583. The van der Waals surface area contributed by atoms with Gasteiger partial charge in [-0.1, -0.05) is 0 Å². The SMILES string of the molecule is Cc1ccncc1C(NN)c1ccnnc1. The third-order valence-electron chi connectivity index (χ3n) is 2.50. The zero-order chi connectivity index (χ0) is 11.4. The number of nitrogens with zero attached hydrogens (tertiary/aromatic N) is 3. The van der Waals surface area contributed by atoms with Crippen LogP contribution in [0.15, 0.2) is 36.9 Å². The highest BCUT2D eigenvalue weighted by Gasteiger charge is 2.14. The highest BCUT2D eigenvalue weighted by molar-refractivity contribution is 5.32. The highest BCUT2D eigenvalue weighted by atomic mass is 15.2. The molecule has 16 heavy (non-hydrogen) atoms. The summed E-state index contributed by atoms with van der Waals surface area (Å²) in [5, 5.41) is 7.59. The zero-order valence-electron chi connectivity index (χ0n) is 8.96. The van der Waals surface area contributed by atoms with Gasteiger partial charge in [0.2, 0.25) is 0 Å². The van der Waals surface area contributed by atoms with Gasteiger partial charge in [-0.2, -0.15) is 10.2 Å². The van der Waals surface area contributed by atoms with Crippen LogP contribution in [0.1, 0.15) is 22.7 Å². The van der Waals surface area contributed by atoms with Gasteiger partial charge < -0.3 is 0 Å². The number of hydrazine groups is 1. The van der Waals surface area contributed by atoms with Crippen molar-refractivity contribution in [3.8, 4) is 0 Å². The molecule has 5 nitrogen and oxygen atoms in total. The molecule has 0 aliphatic carbocycles. The predicted octanol–water partition coefficient (Wildman–Crippen LogP) is 0.733. The van der Waals surface area contributed by atoms with Gasteiger partial charge in [0.25, 0.3) is 0 Å². The van der Waals surface area contributed by atoms with E-state index in [2.05, 4.69) is 20.6 Å². The van der Waals surface area contributed by atoms with Gasteiger partial charge in [0, 0.05) is 18.6 Å². The van der Waals surface area contributed by atoms with Gasteiger partial charge in [-0.15, -0.1) is 0 Å². The molecule has 1 unspecified atom stereocenters. The Hall–Kier alpha value is -1.85. The summed E-state index contributed by atoms with van der Waals surface area (Å²) in [6, 6.07) is 3.72. The fraction of sp³-hybridized carbons (Fsp3) is 0.182. The van der Waals surface area contributed by atoms with Crippen molar-refractivity contribution in [3.63, 3.8) is 0 Å². The maximum atomic E-state index is 5.58. The fourth-order valence-electron chi connectivity index (χ4n) is 1.62. The monoisotopic (exact) mass is 215 g/mol. The normalized spacial score (nSPS) is 12.4. The number of aromatic nitrogens is 3. The number of aryl methyl sites for hydroxylation is 1. The molecule has 2 aromatic heterocycles. The average molecular weight is 215 g/mol. The average Bonchev–Trinajstić information content (AvgIpc) is 2.34. The van der Waals surface area contributed by atoms with E-state index in [1.54, 1.807) is 24.8 Å². The number of hydrogen-bond acceptors (Lipinski definition) is 5. The van der Waals surface area contributed by atoms with Gasteiger partial charge >= 0.3 is 0 Å². The Morgan fingerprint density at radius 1 is 1.19 bits per heavy atom. The van der Waals surface area contributed by atoms with Crippen molar-refractivity contribution in [2.45, 2.75) is 13.0 Å². The van der Waals surface area contributed by atoms with Crippen molar-refractivity contribution < 1.29 is 0 Å². The van der Waals surface area contributed by atoms with E-state index in [4.69, 9.17) is 5.84 Å². The fourth-order valence-corrected chi connectivity index (χ4v) is 1.62. The standard InChI is InChI=1S/C11H13N5/c1-8-2-4-13-7-10(8)11(16-12)9-3-5-14-15-6-9/h2-7,11,16H,12H2,1H3. The number of nitrogens with one attached hydrogen (secondary N) is 1. The number of hydrogen-bond donors (Lipinski definition) is 2. The summed E-state index contributed by atoms with van der Waals surface area (Å²) < 4.78 is 0. The number of nitrogens with two attached hydrogens (primary N) is 1. The van der Waals surface area contributed by atoms with Crippen LogP contribution >= 0.6 is 0 Å². The van der Waals surface area contributed by atoms with E-state index in [1.165, 1.54) is 0 Å². The number of rotatable bonds is 3. The highest BCUT2D eigenvalue weighted by Crippen LogP contribution is 2.21. The Kier molecular flexibility index (Phi) is 3.19. The van der Waals surface area contributed by atoms with E-state index in [9.17, 15) is 0 Å². The van der Waals surface area contributed by atoms with Crippen molar-refractivity contribution in [1.29, 1.82) is 0 Å². The van der Waals surface area contributed by atoms with E-state index in [0.29, 0.717) is 0 Å². The third-order valence-corrected chi connectivity index (χ3v) is 2.50. The molecule has 0 saturated carbocycles. The topological polar surface area (TPSA) is 76.7 Å². The summed E-state index contributed by atoms with van der Waals surface area (Å²) in [5.74, 6) is 5.58. The van der Waals surface area contributed by atoms with Gasteiger partial charge in [0.05, 0.1) is 12.2 Å². The lowest BCUT2D eigenvalue weighted by atomic mass is 9.99. The first-order chi connectivity index (χ1) is 7.83. The molecule has 1 atom stereocenters. The maximum absolute atomic E-state index is 5.58. The molecule has 0 radical (unpaired) electrons. The zero-order valence-corrected chi connectivity index (χ0v) is 8.96. The molecule has 0 aliphatic heterocycles. The summed E-state index contributed by atoms with van der Waals surface area (Å²) in [7, 11) is 0. The summed E-state index contributed by atoms with van der Waals surface area (Å²) in [6.45, 7) is 2.02. The molecule has 0 bridgehead atoms. The van der Waals surface area contributed by atoms with Crippen molar-refractivity contribution in [2.24, 2.45) is 5.84 Å². The Bertz CT molecular complexity index is 457. The smallest absolute Gasteiger partial charge is 0.0743 e. The Labute approximate surface area is 93.7 Å². The van der Waals surface area contributed by atoms with Crippen LogP contribution in [0.2, 0.25) is 0 Å². The minimum atomic E-state index is -0.107. The van der Waals surface area contributed by atoms with Gasteiger partial charge in [0.15, 0.2) is 0 Å². The predicted molar refractivity (Wildman–Crippen MR) is 60.2 cm³/mol. The first kappa shape index (κ1) is 10.7. The van der Waals surface area contributed by atoms with E-state index in [1.807, 2.05) is 19.1 Å². The van der Waals surface area contributed by atoms with Crippen LogP contribution in [0.4, 0.5) is 0 Å². The van der Waals surface area contributed by atoms with Crippen molar-refractivity contribution in [2.75, 3.05) is 0 Å². The molecule has 82 valence electrons. The van der Waals surface area contributed by atoms with Crippen LogP contribution in [0.25, 0.3) is 0 Å². The molecular weight excluding hydrogens is 202 g/mol. The van der Waals surface area contributed by atoms with Crippen LogP contribution in [-0.2, 0) is 0 Å². The molecule has 0 saturated heterocycles. The van der Waals surface area contributed by atoms with Gasteiger partial charge in [-0.05, 0) is 35.7 Å². The van der Waals surface area contributed by atoms with Crippen LogP contribution in [0.5, 0.6) is 0 Å². The van der Waals surface area contributed by atoms with Gasteiger partial charge in [-0.3, -0.25) is 10.8 Å². The van der Waals surface area contributed by atoms with Crippen LogP contribution < -0.4 is 11.3 Å².